The first-order valence-corrected chi connectivity index (χ1v) is 8.47. The molecule has 0 fully saturated rings. The Labute approximate surface area is 157 Å². The monoisotopic (exact) mass is 368 g/mol. The first-order chi connectivity index (χ1) is 12.9. The molecule has 2 aromatic carbocycles. The molecule has 0 N–H and O–H groups in total. The van der Waals surface area contributed by atoms with E-state index in [9.17, 15) is 9.18 Å². The van der Waals surface area contributed by atoms with Crippen LogP contribution in [0.15, 0.2) is 42.5 Å². The average molecular weight is 368 g/mol. The minimum Gasteiger partial charge on any atom is -0.496 e. The summed E-state index contributed by atoms with van der Waals surface area (Å²) in [7, 11) is 3.29. The van der Waals surface area contributed by atoms with Crippen LogP contribution >= 0.6 is 0 Å². The van der Waals surface area contributed by atoms with Gasteiger partial charge >= 0.3 is 0 Å². The van der Waals surface area contributed by atoms with Crippen molar-refractivity contribution in [1.29, 1.82) is 0 Å². The van der Waals surface area contributed by atoms with E-state index in [-0.39, 0.29) is 17.5 Å². The van der Waals surface area contributed by atoms with Crippen molar-refractivity contribution >= 4 is 5.91 Å². The van der Waals surface area contributed by atoms with Crippen molar-refractivity contribution in [3.8, 4) is 11.4 Å². The molecule has 7 heteroatoms. The maximum atomic E-state index is 13.1. The first-order valence-electron chi connectivity index (χ1n) is 8.47. The minimum atomic E-state index is -0.334. The summed E-state index contributed by atoms with van der Waals surface area (Å²) < 4.78 is 20.0. The first kappa shape index (κ1) is 18.6. The molecule has 6 nitrogen and oxygen atoms in total. The molecule has 0 bridgehead atoms. The summed E-state index contributed by atoms with van der Waals surface area (Å²) in [6, 6.07) is 11.7. The van der Waals surface area contributed by atoms with Crippen LogP contribution in [0.4, 0.5) is 4.39 Å². The Balaban J connectivity index is 1.83. The molecular weight excluding hydrogens is 347 g/mol. The van der Waals surface area contributed by atoms with Gasteiger partial charge in [-0.15, -0.1) is 5.10 Å². The SMILES string of the molecule is COc1ccc(C)cc1CN(C)C(=O)c1nc(C)n(-c2ccc(F)cc2)n1. The zero-order chi connectivity index (χ0) is 19.6. The lowest BCUT2D eigenvalue weighted by atomic mass is 10.1. The molecule has 1 aromatic heterocycles. The molecule has 1 amide bonds. The maximum absolute atomic E-state index is 13.1. The van der Waals surface area contributed by atoms with Crippen molar-refractivity contribution in [1.82, 2.24) is 19.7 Å². The van der Waals surface area contributed by atoms with E-state index >= 15 is 0 Å². The number of nitrogens with zero attached hydrogens (tertiary/aromatic N) is 4. The van der Waals surface area contributed by atoms with Crippen LogP contribution in [-0.4, -0.2) is 39.7 Å². The van der Waals surface area contributed by atoms with Gasteiger partial charge in [-0.3, -0.25) is 4.79 Å². The molecule has 0 aliphatic rings. The molecule has 140 valence electrons. The molecule has 0 saturated carbocycles. The number of hydrogen-bond acceptors (Lipinski definition) is 4. The Morgan fingerprint density at radius 3 is 2.56 bits per heavy atom. The average Bonchev–Trinajstić information content (AvgIpc) is 3.03. The van der Waals surface area contributed by atoms with Crippen LogP contribution in [-0.2, 0) is 6.54 Å². The van der Waals surface area contributed by atoms with E-state index in [0.717, 1.165) is 16.9 Å². The van der Waals surface area contributed by atoms with Crippen molar-refractivity contribution < 1.29 is 13.9 Å². The van der Waals surface area contributed by atoms with Crippen molar-refractivity contribution in [2.24, 2.45) is 0 Å². The van der Waals surface area contributed by atoms with E-state index in [4.69, 9.17) is 4.74 Å². The summed E-state index contributed by atoms with van der Waals surface area (Å²) in [5.74, 6) is 0.723. The molecule has 0 atom stereocenters. The van der Waals surface area contributed by atoms with Crippen LogP contribution in [0.5, 0.6) is 5.75 Å². The van der Waals surface area contributed by atoms with Crippen molar-refractivity contribution in [2.45, 2.75) is 20.4 Å². The number of rotatable bonds is 5. The highest BCUT2D eigenvalue weighted by Crippen LogP contribution is 2.21. The van der Waals surface area contributed by atoms with Crippen LogP contribution in [0.25, 0.3) is 5.69 Å². The Bertz CT molecular complexity index is 967. The molecule has 27 heavy (non-hydrogen) atoms. The lowest BCUT2D eigenvalue weighted by Gasteiger charge is -2.17. The van der Waals surface area contributed by atoms with Crippen LogP contribution in [0.2, 0.25) is 0 Å². The third-order valence-corrected chi connectivity index (χ3v) is 4.22. The molecule has 3 rings (SSSR count). The Morgan fingerprint density at radius 1 is 1.19 bits per heavy atom. The molecule has 1 heterocycles. The summed E-state index contributed by atoms with van der Waals surface area (Å²) in [5, 5.41) is 4.29. The second-order valence-corrected chi connectivity index (χ2v) is 6.35. The molecule has 0 unspecified atom stereocenters. The fraction of sp³-hybridized carbons (Fsp3) is 0.250. The van der Waals surface area contributed by atoms with Crippen LogP contribution < -0.4 is 4.74 Å². The summed E-state index contributed by atoms with van der Waals surface area (Å²) >= 11 is 0. The van der Waals surface area contributed by atoms with E-state index in [1.165, 1.54) is 16.8 Å². The predicted molar refractivity (Wildman–Crippen MR) is 99.6 cm³/mol. The number of benzene rings is 2. The van der Waals surface area contributed by atoms with E-state index in [1.54, 1.807) is 38.1 Å². The summed E-state index contributed by atoms with van der Waals surface area (Å²) in [6.45, 7) is 4.10. The van der Waals surface area contributed by atoms with Gasteiger partial charge in [0.05, 0.1) is 12.8 Å². The van der Waals surface area contributed by atoms with Gasteiger partial charge in [-0.05, 0) is 44.2 Å². The van der Waals surface area contributed by atoms with Crippen LogP contribution in [0, 0.1) is 19.7 Å². The highest BCUT2D eigenvalue weighted by Gasteiger charge is 2.20. The van der Waals surface area contributed by atoms with Gasteiger partial charge in [0, 0.05) is 19.2 Å². The lowest BCUT2D eigenvalue weighted by Crippen LogP contribution is -2.27. The van der Waals surface area contributed by atoms with Gasteiger partial charge in [0.1, 0.15) is 17.4 Å². The van der Waals surface area contributed by atoms with Crippen LogP contribution in [0.3, 0.4) is 0 Å². The van der Waals surface area contributed by atoms with Gasteiger partial charge in [0.15, 0.2) is 0 Å². The summed E-state index contributed by atoms with van der Waals surface area (Å²) in [6.07, 6.45) is 0. The zero-order valence-corrected chi connectivity index (χ0v) is 15.7. The molecule has 0 spiro atoms. The highest BCUT2D eigenvalue weighted by atomic mass is 19.1. The second-order valence-electron chi connectivity index (χ2n) is 6.35. The quantitative estimate of drug-likeness (QED) is 0.693. The van der Waals surface area contributed by atoms with E-state index in [0.29, 0.717) is 18.1 Å². The van der Waals surface area contributed by atoms with Gasteiger partial charge < -0.3 is 9.64 Å². The predicted octanol–water partition coefficient (Wildman–Crippen LogP) is 3.30. The molecular formula is C20H21FN4O2. The number of carbonyl (C=O) groups excluding carboxylic acids is 1. The smallest absolute Gasteiger partial charge is 0.293 e. The second kappa shape index (κ2) is 7.57. The maximum Gasteiger partial charge on any atom is 0.293 e. The van der Waals surface area contributed by atoms with Crippen LogP contribution in [0.1, 0.15) is 27.6 Å². The molecule has 0 radical (unpaired) electrons. The fourth-order valence-corrected chi connectivity index (χ4v) is 2.84. The van der Waals surface area contributed by atoms with Gasteiger partial charge in [0.2, 0.25) is 5.82 Å². The number of ether oxygens (including phenoxy) is 1. The minimum absolute atomic E-state index is 0.0888. The number of aryl methyl sites for hydroxylation is 2. The number of amides is 1. The number of hydrogen-bond donors (Lipinski definition) is 0. The Kier molecular flexibility index (Phi) is 5.21. The lowest BCUT2D eigenvalue weighted by molar-refractivity contribution is 0.0772. The van der Waals surface area contributed by atoms with E-state index in [1.807, 2.05) is 25.1 Å². The fourth-order valence-electron chi connectivity index (χ4n) is 2.84. The highest BCUT2D eigenvalue weighted by molar-refractivity contribution is 5.90. The van der Waals surface area contributed by atoms with Gasteiger partial charge in [-0.25, -0.2) is 14.1 Å². The molecule has 0 saturated heterocycles. The number of halogens is 1. The van der Waals surface area contributed by atoms with Crippen molar-refractivity contribution in [3.05, 3.63) is 71.1 Å². The van der Waals surface area contributed by atoms with E-state index < -0.39 is 0 Å². The number of methoxy groups -OCH3 is 1. The summed E-state index contributed by atoms with van der Waals surface area (Å²) in [5.41, 5.74) is 2.63. The standard InChI is InChI=1S/C20H21FN4O2/c1-13-5-10-18(27-4)15(11-13)12-24(3)20(26)19-22-14(2)25(23-19)17-8-6-16(21)7-9-17/h5-11H,12H2,1-4H3. The number of aromatic nitrogens is 3. The Morgan fingerprint density at radius 2 is 1.89 bits per heavy atom. The van der Waals surface area contributed by atoms with Gasteiger partial charge in [-0.1, -0.05) is 17.7 Å². The van der Waals surface area contributed by atoms with Gasteiger partial charge in [0.25, 0.3) is 5.91 Å². The molecule has 0 aliphatic heterocycles. The largest absolute Gasteiger partial charge is 0.496 e. The molecule has 0 aliphatic carbocycles. The Hall–Kier alpha value is -3.22. The normalized spacial score (nSPS) is 10.7. The topological polar surface area (TPSA) is 60.2 Å². The van der Waals surface area contributed by atoms with Crippen molar-refractivity contribution in [3.63, 3.8) is 0 Å². The number of carbonyl (C=O) groups is 1. The summed E-state index contributed by atoms with van der Waals surface area (Å²) in [4.78, 5) is 18.6. The van der Waals surface area contributed by atoms with Gasteiger partial charge in [-0.2, -0.15) is 0 Å². The third kappa shape index (κ3) is 3.97. The van der Waals surface area contributed by atoms with Crippen molar-refractivity contribution in [2.75, 3.05) is 14.2 Å². The molecule has 3 aromatic rings. The third-order valence-electron chi connectivity index (χ3n) is 4.22. The van der Waals surface area contributed by atoms with E-state index in [2.05, 4.69) is 10.1 Å². The zero-order valence-electron chi connectivity index (χ0n) is 15.7.